The molecule has 1 aromatic carbocycles. The molecule has 8 heteroatoms. The molecule has 0 aromatic heterocycles. The molecule has 2 heterocycles. The van der Waals surface area contributed by atoms with Crippen molar-refractivity contribution in [2.75, 3.05) is 25.7 Å². The number of hydrogen-bond donors (Lipinski definition) is 1. The van der Waals surface area contributed by atoms with Gasteiger partial charge in [-0.25, -0.2) is 9.59 Å². The Kier molecular flexibility index (Phi) is 5.79. The van der Waals surface area contributed by atoms with Gasteiger partial charge in [0.15, 0.2) is 0 Å². The van der Waals surface area contributed by atoms with Crippen molar-refractivity contribution in [1.29, 1.82) is 0 Å². The van der Waals surface area contributed by atoms with Gasteiger partial charge < -0.3 is 19.3 Å². The Morgan fingerprint density at radius 1 is 1.03 bits per heavy atom. The lowest BCUT2D eigenvalue weighted by molar-refractivity contribution is -0.0389. The quantitative estimate of drug-likeness (QED) is 0.695. The third kappa shape index (κ3) is 3.86. The molecule has 6 nitrogen and oxygen atoms in total. The first-order chi connectivity index (χ1) is 13.9. The largest absolute Gasteiger partial charge is 0.487 e. The first-order valence-electron chi connectivity index (χ1n) is 9.90. The highest BCUT2D eigenvalue weighted by Gasteiger charge is 2.49. The maximum absolute atomic E-state index is 12.2. The number of rotatable bonds is 2. The van der Waals surface area contributed by atoms with Gasteiger partial charge in [0.1, 0.15) is 11.4 Å². The van der Waals surface area contributed by atoms with Gasteiger partial charge in [0, 0.05) is 12.0 Å². The molecule has 29 heavy (non-hydrogen) atoms. The number of ether oxygens (including phenoxy) is 3. The Morgan fingerprint density at radius 3 is 2.21 bits per heavy atom. The van der Waals surface area contributed by atoms with Crippen molar-refractivity contribution in [1.82, 2.24) is 0 Å². The molecule has 1 aromatic rings. The zero-order valence-electron chi connectivity index (χ0n) is 16.7. The summed E-state index contributed by atoms with van der Waals surface area (Å²) in [5.74, 6) is 1.60. The zero-order chi connectivity index (χ0) is 20.6. The van der Waals surface area contributed by atoms with E-state index in [1.807, 2.05) is 0 Å². The topological polar surface area (TPSA) is 82.1 Å². The van der Waals surface area contributed by atoms with Crippen molar-refractivity contribution in [2.24, 2.45) is 0 Å². The van der Waals surface area contributed by atoms with E-state index in [0.29, 0.717) is 17.7 Å². The van der Waals surface area contributed by atoms with Gasteiger partial charge in [0.25, 0.3) is 0 Å². The maximum atomic E-state index is 12.2. The number of benzene rings is 1. The average molecular weight is 439 g/mol. The molecule has 2 aliphatic heterocycles. The summed E-state index contributed by atoms with van der Waals surface area (Å²) in [6.07, 6.45) is 4.84. The van der Waals surface area contributed by atoms with Crippen molar-refractivity contribution in [3.05, 3.63) is 28.8 Å². The molecule has 0 radical (unpaired) electrons. The summed E-state index contributed by atoms with van der Waals surface area (Å²) >= 11 is 4.14. The van der Waals surface area contributed by atoms with Crippen LogP contribution in [-0.2, 0) is 9.47 Å². The van der Waals surface area contributed by atoms with Gasteiger partial charge in [-0.15, -0.1) is 23.5 Å². The molecule has 1 unspecified atom stereocenters. The summed E-state index contributed by atoms with van der Waals surface area (Å²) in [5, 5.41) is 10.9. The second-order valence-electron chi connectivity index (χ2n) is 7.88. The number of carbonyl (C=O) groups excluding carboxylic acids is 2. The van der Waals surface area contributed by atoms with Crippen molar-refractivity contribution >= 4 is 35.5 Å². The molecule has 0 amide bonds. The van der Waals surface area contributed by atoms with Crippen LogP contribution in [-0.4, -0.2) is 52.5 Å². The minimum atomic E-state index is -0.755. The van der Waals surface area contributed by atoms with Gasteiger partial charge in [-0.1, -0.05) is 0 Å². The predicted octanol–water partition coefficient (Wildman–Crippen LogP) is 3.95. The molecule has 2 spiro atoms. The minimum Gasteiger partial charge on any atom is -0.487 e. The van der Waals surface area contributed by atoms with E-state index in [4.69, 9.17) is 14.2 Å². The lowest BCUT2D eigenvalue weighted by Crippen LogP contribution is -2.47. The Bertz CT molecular complexity index is 808. The van der Waals surface area contributed by atoms with E-state index in [-0.39, 0.29) is 15.2 Å². The second-order valence-corrected chi connectivity index (χ2v) is 11.1. The molecular weight excluding hydrogens is 412 g/mol. The van der Waals surface area contributed by atoms with E-state index >= 15 is 0 Å². The van der Waals surface area contributed by atoms with Gasteiger partial charge >= 0.3 is 11.9 Å². The average Bonchev–Trinajstić information content (AvgIpc) is 2.75. The van der Waals surface area contributed by atoms with E-state index in [0.717, 1.165) is 25.7 Å². The summed E-state index contributed by atoms with van der Waals surface area (Å²) in [6, 6.07) is 3.02. The molecular formula is C21H26O6S2. The minimum absolute atomic E-state index is 0.0781. The van der Waals surface area contributed by atoms with Crippen LogP contribution in [0.3, 0.4) is 0 Å². The van der Waals surface area contributed by atoms with Crippen LogP contribution < -0.4 is 4.74 Å². The molecule has 1 saturated carbocycles. The Morgan fingerprint density at radius 2 is 1.62 bits per heavy atom. The van der Waals surface area contributed by atoms with Gasteiger partial charge in [-0.2, -0.15) is 0 Å². The predicted molar refractivity (Wildman–Crippen MR) is 113 cm³/mol. The number of methoxy groups -OCH3 is 2. The van der Waals surface area contributed by atoms with Crippen molar-refractivity contribution in [3.8, 4) is 5.75 Å². The maximum Gasteiger partial charge on any atom is 0.338 e. The molecule has 158 valence electrons. The van der Waals surface area contributed by atoms with Crippen LogP contribution in [0.15, 0.2) is 12.1 Å². The van der Waals surface area contributed by atoms with Crippen LogP contribution in [0.5, 0.6) is 5.75 Å². The normalized spacial score (nSPS) is 24.4. The van der Waals surface area contributed by atoms with Gasteiger partial charge in [0.05, 0.1) is 35.5 Å². The van der Waals surface area contributed by atoms with Crippen LogP contribution in [0.2, 0.25) is 0 Å². The molecule has 2 fully saturated rings. The van der Waals surface area contributed by atoms with Crippen molar-refractivity contribution in [3.63, 3.8) is 0 Å². The molecule has 1 saturated heterocycles. The summed E-state index contributed by atoms with van der Waals surface area (Å²) in [7, 11) is 2.52. The highest BCUT2D eigenvalue weighted by atomic mass is 32.2. The number of thioether (sulfide) groups is 2. The fourth-order valence-electron chi connectivity index (χ4n) is 4.54. The second kappa shape index (κ2) is 8.04. The first-order valence-corrected chi connectivity index (χ1v) is 11.9. The van der Waals surface area contributed by atoms with E-state index in [9.17, 15) is 14.7 Å². The Balaban J connectivity index is 1.63. The van der Waals surface area contributed by atoms with Crippen molar-refractivity contribution < 1.29 is 28.9 Å². The van der Waals surface area contributed by atoms with E-state index < -0.39 is 23.6 Å². The van der Waals surface area contributed by atoms with E-state index in [2.05, 4.69) is 23.5 Å². The number of aliphatic hydroxyl groups excluding tert-OH is 1. The number of aliphatic hydroxyl groups is 1. The van der Waals surface area contributed by atoms with Crippen LogP contribution >= 0.6 is 23.5 Å². The highest BCUT2D eigenvalue weighted by Crippen LogP contribution is 2.56. The lowest BCUT2D eigenvalue weighted by atomic mass is 9.77. The fraction of sp³-hybridized carbons (Fsp3) is 0.619. The standard InChI is InChI=1S/C21H26O6S2/c1-25-18(23)13-10-15-16(22)12-20(27-17(15)11-14(13)19(24)26-2)4-6-21(7-5-20)28-8-3-9-29-21/h10-11,16,22H,3-9,12H2,1-2H3. The summed E-state index contributed by atoms with van der Waals surface area (Å²) in [5.41, 5.74) is 0.254. The smallest absolute Gasteiger partial charge is 0.338 e. The van der Waals surface area contributed by atoms with Crippen molar-refractivity contribution in [2.45, 2.75) is 54.3 Å². The molecule has 1 atom stereocenters. The number of fused-ring (bicyclic) bond motifs is 1. The monoisotopic (exact) mass is 438 g/mol. The SMILES string of the molecule is COC(=O)c1cc2c(cc1C(=O)OC)C(O)CC1(CCC3(CC1)SCCCS3)O2. The zero-order valence-corrected chi connectivity index (χ0v) is 18.3. The van der Waals surface area contributed by atoms with Crippen LogP contribution in [0.1, 0.15) is 70.9 Å². The number of hydrogen-bond acceptors (Lipinski definition) is 8. The van der Waals surface area contributed by atoms with E-state index in [1.54, 1.807) is 0 Å². The third-order valence-electron chi connectivity index (χ3n) is 6.15. The van der Waals surface area contributed by atoms with Gasteiger partial charge in [0.2, 0.25) is 0 Å². The first kappa shape index (κ1) is 20.9. The molecule has 3 aliphatic rings. The molecule has 1 aliphatic carbocycles. The van der Waals surface area contributed by atoms with Gasteiger partial charge in [-0.05, 0) is 55.7 Å². The Hall–Kier alpha value is -1.38. The third-order valence-corrected chi connectivity index (χ3v) is 9.71. The fourth-order valence-corrected chi connectivity index (χ4v) is 7.86. The molecule has 1 N–H and O–H groups in total. The van der Waals surface area contributed by atoms with E-state index in [1.165, 1.54) is 44.3 Å². The van der Waals surface area contributed by atoms with Crippen LogP contribution in [0.4, 0.5) is 0 Å². The molecule has 4 rings (SSSR count). The molecule has 0 bridgehead atoms. The summed E-state index contributed by atoms with van der Waals surface area (Å²) in [4.78, 5) is 24.4. The Labute approximate surface area is 179 Å². The van der Waals surface area contributed by atoms with Crippen LogP contribution in [0, 0.1) is 0 Å². The summed E-state index contributed by atoms with van der Waals surface area (Å²) in [6.45, 7) is 0. The van der Waals surface area contributed by atoms with Crippen LogP contribution in [0.25, 0.3) is 0 Å². The summed E-state index contributed by atoms with van der Waals surface area (Å²) < 4.78 is 16.3. The lowest BCUT2D eigenvalue weighted by Gasteiger charge is -2.49. The van der Waals surface area contributed by atoms with Gasteiger partial charge in [-0.3, -0.25) is 0 Å². The highest BCUT2D eigenvalue weighted by molar-refractivity contribution is 8.18. The number of esters is 2. The number of carbonyl (C=O) groups is 2.